The first-order valence-corrected chi connectivity index (χ1v) is 16.1. The Labute approximate surface area is 257 Å². The minimum atomic E-state index is -3.92. The number of amides is 2. The van der Waals surface area contributed by atoms with E-state index in [1.165, 1.54) is 11.0 Å². The molecule has 0 fully saturated rings. The summed E-state index contributed by atoms with van der Waals surface area (Å²) in [6, 6.07) is 17.9. The Balaban J connectivity index is 2.12. The van der Waals surface area contributed by atoms with Crippen LogP contribution in [0.25, 0.3) is 0 Å². The van der Waals surface area contributed by atoms with Crippen molar-refractivity contribution in [2.45, 2.75) is 52.2 Å². The molecule has 3 rings (SSSR count). The summed E-state index contributed by atoms with van der Waals surface area (Å²) in [5, 5.41) is 3.98. The summed E-state index contributed by atoms with van der Waals surface area (Å²) in [4.78, 5) is 29.3. The van der Waals surface area contributed by atoms with Crippen molar-refractivity contribution in [3.8, 4) is 0 Å². The zero-order valence-corrected chi connectivity index (χ0v) is 26.5. The fourth-order valence-electron chi connectivity index (χ4n) is 4.20. The molecule has 0 spiro atoms. The lowest BCUT2D eigenvalue weighted by molar-refractivity contribution is -0.140. The minimum absolute atomic E-state index is 0.116. The fraction of sp³-hybridized carbons (Fsp3) is 0.333. The van der Waals surface area contributed by atoms with Gasteiger partial charge in [0.05, 0.1) is 11.9 Å². The van der Waals surface area contributed by atoms with Crippen LogP contribution >= 0.6 is 34.8 Å². The molecule has 0 aliphatic carbocycles. The summed E-state index contributed by atoms with van der Waals surface area (Å²) in [5.41, 5.74) is 2.26. The van der Waals surface area contributed by atoms with Gasteiger partial charge >= 0.3 is 0 Å². The molecule has 7 nitrogen and oxygen atoms in total. The van der Waals surface area contributed by atoms with E-state index < -0.39 is 28.5 Å². The highest BCUT2D eigenvalue weighted by molar-refractivity contribution is 7.92. The number of hydrogen-bond acceptors (Lipinski definition) is 4. The third kappa shape index (κ3) is 8.85. The second-order valence-corrected chi connectivity index (χ2v) is 13.1. The second-order valence-electron chi connectivity index (χ2n) is 9.95. The number of carbonyl (C=O) groups excluding carboxylic acids is 2. The van der Waals surface area contributed by atoms with E-state index in [2.05, 4.69) is 5.32 Å². The van der Waals surface area contributed by atoms with Gasteiger partial charge in [-0.25, -0.2) is 8.42 Å². The number of sulfonamides is 1. The average Bonchev–Trinajstić information content (AvgIpc) is 2.92. The number of halogens is 3. The molecule has 220 valence electrons. The minimum Gasteiger partial charge on any atom is -0.352 e. The Morgan fingerprint density at radius 1 is 0.927 bits per heavy atom. The van der Waals surface area contributed by atoms with E-state index in [1.807, 2.05) is 44.2 Å². The molecule has 11 heteroatoms. The molecule has 3 aromatic rings. The molecule has 0 radical (unpaired) electrons. The number of hydrogen-bond donors (Lipinski definition) is 1. The number of carbonyl (C=O) groups is 2. The van der Waals surface area contributed by atoms with Crippen molar-refractivity contribution in [2.75, 3.05) is 17.1 Å². The number of aryl methyl sites for hydroxylation is 1. The number of nitrogens with zero attached hydrogens (tertiary/aromatic N) is 2. The highest BCUT2D eigenvalue weighted by atomic mass is 35.5. The fourth-order valence-corrected chi connectivity index (χ4v) is 5.73. The molecule has 1 N–H and O–H groups in total. The van der Waals surface area contributed by atoms with Crippen molar-refractivity contribution in [3.05, 3.63) is 98.5 Å². The first-order chi connectivity index (χ1) is 19.3. The molecule has 0 unspecified atom stereocenters. The maximum absolute atomic E-state index is 14.2. The molecule has 3 aromatic carbocycles. The number of benzene rings is 3. The zero-order chi connectivity index (χ0) is 30.3. The summed E-state index contributed by atoms with van der Waals surface area (Å²) < 4.78 is 26.8. The van der Waals surface area contributed by atoms with E-state index in [0.717, 1.165) is 21.7 Å². The van der Waals surface area contributed by atoms with Crippen LogP contribution in [-0.2, 0) is 32.6 Å². The van der Waals surface area contributed by atoms with Crippen LogP contribution in [0.1, 0.15) is 37.0 Å². The third-order valence-corrected chi connectivity index (χ3v) is 9.04. The first kappa shape index (κ1) is 32.7. The van der Waals surface area contributed by atoms with Crippen molar-refractivity contribution in [1.82, 2.24) is 10.2 Å². The zero-order valence-electron chi connectivity index (χ0n) is 23.4. The average molecular weight is 639 g/mol. The first-order valence-electron chi connectivity index (χ1n) is 13.1. The molecule has 0 heterocycles. The number of nitrogens with one attached hydrogen (secondary N) is 1. The van der Waals surface area contributed by atoms with Gasteiger partial charge in [-0.2, -0.15) is 0 Å². The topological polar surface area (TPSA) is 86.8 Å². The second kappa shape index (κ2) is 14.4. The number of anilines is 1. The van der Waals surface area contributed by atoms with Crippen LogP contribution < -0.4 is 9.62 Å². The van der Waals surface area contributed by atoms with E-state index in [1.54, 1.807) is 37.3 Å². The summed E-state index contributed by atoms with van der Waals surface area (Å²) in [7, 11) is -3.92. The highest BCUT2D eigenvalue weighted by Gasteiger charge is 2.34. The highest BCUT2D eigenvalue weighted by Crippen LogP contribution is 2.29. The summed E-state index contributed by atoms with van der Waals surface area (Å²) >= 11 is 19.3. The van der Waals surface area contributed by atoms with E-state index in [-0.39, 0.29) is 30.6 Å². The van der Waals surface area contributed by atoms with Crippen LogP contribution in [0.15, 0.2) is 66.7 Å². The van der Waals surface area contributed by atoms with Crippen LogP contribution in [0.3, 0.4) is 0 Å². The van der Waals surface area contributed by atoms with Crippen LogP contribution in [0.4, 0.5) is 5.69 Å². The van der Waals surface area contributed by atoms with Gasteiger partial charge in [-0.05, 0) is 55.7 Å². The summed E-state index contributed by atoms with van der Waals surface area (Å²) in [6.07, 6.45) is 1.89. The van der Waals surface area contributed by atoms with Gasteiger partial charge in [-0.3, -0.25) is 13.9 Å². The molecular formula is C30H34Cl3N3O4S. The Kier molecular flexibility index (Phi) is 11.5. The van der Waals surface area contributed by atoms with E-state index >= 15 is 0 Å². The molecule has 2 amide bonds. The van der Waals surface area contributed by atoms with Crippen molar-refractivity contribution in [3.63, 3.8) is 0 Å². The van der Waals surface area contributed by atoms with Gasteiger partial charge in [0.2, 0.25) is 21.8 Å². The molecule has 0 aliphatic rings. The van der Waals surface area contributed by atoms with E-state index in [9.17, 15) is 18.0 Å². The normalized spacial score (nSPS) is 12.9. The molecule has 0 saturated carbocycles. The quantitative estimate of drug-likeness (QED) is 0.253. The van der Waals surface area contributed by atoms with Gasteiger partial charge in [0, 0.05) is 39.6 Å². The lowest BCUT2D eigenvalue weighted by atomic mass is 10.0. The maximum atomic E-state index is 14.2. The smallest absolute Gasteiger partial charge is 0.244 e. The SMILES string of the molecule is CC[C@@H](C)NC(=O)[C@@H](Cc1ccccc1)N(Cc1c(Cl)cccc1Cl)C(=O)CN(c1ccc(C)c(Cl)c1)S(C)(=O)=O. The molecule has 0 bridgehead atoms. The number of rotatable bonds is 12. The predicted molar refractivity (Wildman–Crippen MR) is 167 cm³/mol. The largest absolute Gasteiger partial charge is 0.352 e. The third-order valence-electron chi connectivity index (χ3n) is 6.78. The Bertz CT molecular complexity index is 1470. The van der Waals surface area contributed by atoms with Crippen molar-refractivity contribution >= 4 is 62.3 Å². The lowest BCUT2D eigenvalue weighted by Gasteiger charge is -2.34. The van der Waals surface area contributed by atoms with Gasteiger partial charge < -0.3 is 10.2 Å². The lowest BCUT2D eigenvalue weighted by Crippen LogP contribution is -2.54. The summed E-state index contributed by atoms with van der Waals surface area (Å²) in [6.45, 7) is 4.93. The maximum Gasteiger partial charge on any atom is 0.244 e. The molecule has 0 aliphatic heterocycles. The van der Waals surface area contributed by atoms with Crippen molar-refractivity contribution in [2.24, 2.45) is 0 Å². The van der Waals surface area contributed by atoms with E-state index in [4.69, 9.17) is 34.8 Å². The van der Waals surface area contributed by atoms with Crippen LogP contribution in [-0.4, -0.2) is 50.0 Å². The Hall–Kier alpha value is -2.78. The summed E-state index contributed by atoms with van der Waals surface area (Å²) in [5.74, 6) is -0.979. The molecule has 0 aromatic heterocycles. The molecular weight excluding hydrogens is 605 g/mol. The Morgan fingerprint density at radius 2 is 1.56 bits per heavy atom. The standard InChI is InChI=1S/C30H34Cl3N3O4S/c1-5-21(3)34-30(38)28(16-22-10-7-6-8-11-22)35(18-24-25(31)12-9-13-26(24)32)29(37)19-36(41(4,39)40)23-15-14-20(2)27(33)17-23/h6-15,17,21,28H,5,16,18-19H2,1-4H3,(H,34,38)/t21-,28-/m1/s1. The molecule has 41 heavy (non-hydrogen) atoms. The Morgan fingerprint density at radius 3 is 2.12 bits per heavy atom. The van der Waals surface area contributed by atoms with Gasteiger partial charge in [-0.15, -0.1) is 0 Å². The van der Waals surface area contributed by atoms with Gasteiger partial charge in [-0.1, -0.05) is 84.2 Å². The predicted octanol–water partition coefficient (Wildman–Crippen LogP) is 6.28. The van der Waals surface area contributed by atoms with Crippen molar-refractivity contribution < 1.29 is 18.0 Å². The van der Waals surface area contributed by atoms with Gasteiger partial charge in [0.15, 0.2) is 0 Å². The van der Waals surface area contributed by atoms with Crippen molar-refractivity contribution in [1.29, 1.82) is 0 Å². The van der Waals surface area contributed by atoms with Crippen LogP contribution in [0, 0.1) is 6.92 Å². The van der Waals surface area contributed by atoms with E-state index in [0.29, 0.717) is 27.1 Å². The van der Waals surface area contributed by atoms with Crippen LogP contribution in [0.2, 0.25) is 15.1 Å². The van der Waals surface area contributed by atoms with Crippen LogP contribution in [0.5, 0.6) is 0 Å². The molecule has 2 atom stereocenters. The van der Waals surface area contributed by atoms with Gasteiger partial charge in [0.1, 0.15) is 12.6 Å². The van der Waals surface area contributed by atoms with Gasteiger partial charge in [0.25, 0.3) is 0 Å². The molecule has 0 saturated heterocycles. The monoisotopic (exact) mass is 637 g/mol.